The molecule has 0 bridgehead atoms. The Hall–Kier alpha value is -2.23. The Bertz CT molecular complexity index is 629. The summed E-state index contributed by atoms with van der Waals surface area (Å²) in [7, 11) is 0. The van der Waals surface area contributed by atoms with Gasteiger partial charge >= 0.3 is 0 Å². The SMILES string of the molecule is N#Cc1csc(CNCCc2ccc([N+](=O)[O-])cc2)c1. The molecule has 0 saturated carbocycles. The fraction of sp³-hybridized carbons (Fsp3) is 0.214. The van der Waals surface area contributed by atoms with E-state index in [9.17, 15) is 10.1 Å². The smallest absolute Gasteiger partial charge is 0.269 e. The first-order valence-electron chi connectivity index (χ1n) is 6.10. The number of nitrogens with one attached hydrogen (secondary N) is 1. The maximum atomic E-state index is 10.5. The second kappa shape index (κ2) is 6.80. The van der Waals surface area contributed by atoms with Crippen LogP contribution in [0.4, 0.5) is 5.69 Å². The number of rotatable bonds is 6. The van der Waals surface area contributed by atoms with Crippen molar-refractivity contribution < 1.29 is 4.92 Å². The molecule has 2 aromatic rings. The van der Waals surface area contributed by atoms with E-state index in [4.69, 9.17) is 5.26 Å². The summed E-state index contributed by atoms with van der Waals surface area (Å²) in [6.07, 6.45) is 0.814. The predicted molar refractivity (Wildman–Crippen MR) is 77.5 cm³/mol. The van der Waals surface area contributed by atoms with Gasteiger partial charge in [-0.3, -0.25) is 10.1 Å². The molecule has 0 aliphatic heterocycles. The van der Waals surface area contributed by atoms with Gasteiger partial charge in [0, 0.05) is 28.9 Å². The number of nitriles is 1. The fourth-order valence-electron chi connectivity index (χ4n) is 1.76. The van der Waals surface area contributed by atoms with Gasteiger partial charge in [0.05, 0.1) is 10.5 Å². The van der Waals surface area contributed by atoms with E-state index >= 15 is 0 Å². The minimum atomic E-state index is -0.397. The maximum Gasteiger partial charge on any atom is 0.269 e. The van der Waals surface area contributed by atoms with E-state index in [1.165, 1.54) is 12.1 Å². The third kappa shape index (κ3) is 3.88. The van der Waals surface area contributed by atoms with Gasteiger partial charge in [-0.05, 0) is 24.6 Å². The first-order valence-corrected chi connectivity index (χ1v) is 6.98. The lowest BCUT2D eigenvalue weighted by molar-refractivity contribution is -0.384. The van der Waals surface area contributed by atoms with Crippen molar-refractivity contribution in [2.75, 3.05) is 6.54 Å². The highest BCUT2D eigenvalue weighted by Crippen LogP contribution is 2.14. The molecule has 6 heteroatoms. The zero-order valence-electron chi connectivity index (χ0n) is 10.7. The van der Waals surface area contributed by atoms with Gasteiger partial charge in [-0.25, -0.2) is 0 Å². The summed E-state index contributed by atoms with van der Waals surface area (Å²) in [6.45, 7) is 1.52. The molecule has 0 atom stereocenters. The van der Waals surface area contributed by atoms with Gasteiger partial charge in [-0.2, -0.15) is 5.26 Å². The van der Waals surface area contributed by atoms with Gasteiger partial charge < -0.3 is 5.32 Å². The number of thiophene rings is 1. The minimum Gasteiger partial charge on any atom is -0.312 e. The van der Waals surface area contributed by atoms with Crippen molar-refractivity contribution in [2.45, 2.75) is 13.0 Å². The first kappa shape index (κ1) is 14.2. The Morgan fingerprint density at radius 1 is 1.35 bits per heavy atom. The van der Waals surface area contributed by atoms with Crippen LogP contribution in [0, 0.1) is 21.4 Å². The summed E-state index contributed by atoms with van der Waals surface area (Å²) in [5.74, 6) is 0. The van der Waals surface area contributed by atoms with Gasteiger partial charge in [-0.15, -0.1) is 11.3 Å². The molecule has 0 saturated heterocycles. The Labute approximate surface area is 120 Å². The molecule has 1 N–H and O–H groups in total. The number of hydrogen-bond donors (Lipinski definition) is 1. The summed E-state index contributed by atoms with van der Waals surface area (Å²) in [6, 6.07) is 10.6. The van der Waals surface area contributed by atoms with E-state index in [-0.39, 0.29) is 5.69 Å². The van der Waals surface area contributed by atoms with Crippen molar-refractivity contribution in [1.29, 1.82) is 5.26 Å². The fourth-order valence-corrected chi connectivity index (χ4v) is 2.54. The van der Waals surface area contributed by atoms with Crippen LogP contribution >= 0.6 is 11.3 Å². The second-order valence-electron chi connectivity index (χ2n) is 4.26. The summed E-state index contributed by atoms with van der Waals surface area (Å²) in [5.41, 5.74) is 1.87. The molecule has 0 aliphatic rings. The zero-order valence-corrected chi connectivity index (χ0v) is 11.5. The van der Waals surface area contributed by atoms with Crippen molar-refractivity contribution >= 4 is 17.0 Å². The number of benzene rings is 1. The normalized spacial score (nSPS) is 10.2. The molecular weight excluding hydrogens is 274 g/mol. The Morgan fingerprint density at radius 3 is 2.70 bits per heavy atom. The average Bonchev–Trinajstić information content (AvgIpc) is 2.92. The van der Waals surface area contributed by atoms with Crippen LogP contribution in [-0.4, -0.2) is 11.5 Å². The van der Waals surface area contributed by atoms with Crippen LogP contribution in [0.2, 0.25) is 0 Å². The molecule has 1 aromatic heterocycles. The molecule has 1 aromatic carbocycles. The molecular formula is C14H13N3O2S. The molecule has 102 valence electrons. The van der Waals surface area contributed by atoms with Crippen molar-refractivity contribution in [3.63, 3.8) is 0 Å². The highest BCUT2D eigenvalue weighted by molar-refractivity contribution is 7.10. The first-order chi connectivity index (χ1) is 9.69. The highest BCUT2D eigenvalue weighted by Gasteiger charge is 2.03. The van der Waals surface area contributed by atoms with Crippen LogP contribution in [0.1, 0.15) is 16.0 Å². The third-order valence-corrected chi connectivity index (χ3v) is 3.76. The van der Waals surface area contributed by atoms with Gasteiger partial charge in [0.1, 0.15) is 6.07 Å². The van der Waals surface area contributed by atoms with E-state index in [1.807, 2.05) is 11.4 Å². The number of non-ortho nitro benzene ring substituents is 1. The standard InChI is InChI=1S/C14H13N3O2S/c15-8-12-7-14(20-10-12)9-16-6-5-11-1-3-13(4-2-11)17(18)19/h1-4,7,10,16H,5-6,9H2. The summed E-state index contributed by atoms with van der Waals surface area (Å²) >= 11 is 1.57. The summed E-state index contributed by atoms with van der Waals surface area (Å²) < 4.78 is 0. The molecule has 5 nitrogen and oxygen atoms in total. The van der Waals surface area contributed by atoms with Gasteiger partial charge in [0.15, 0.2) is 0 Å². The Kier molecular flexibility index (Phi) is 4.82. The monoisotopic (exact) mass is 287 g/mol. The molecule has 0 unspecified atom stereocenters. The van der Waals surface area contributed by atoms with Crippen LogP contribution in [0.25, 0.3) is 0 Å². The van der Waals surface area contributed by atoms with Crippen LogP contribution < -0.4 is 5.32 Å². The molecule has 0 aliphatic carbocycles. The molecule has 0 fully saturated rings. The van der Waals surface area contributed by atoms with Crippen LogP contribution in [0.15, 0.2) is 35.7 Å². The predicted octanol–water partition coefficient (Wildman–Crippen LogP) is 2.86. The summed E-state index contributed by atoms with van der Waals surface area (Å²) in [5, 5.41) is 24.4. The van der Waals surface area contributed by atoms with Crippen molar-refractivity contribution in [3.05, 3.63) is 61.8 Å². The van der Waals surface area contributed by atoms with Crippen LogP contribution in [0.5, 0.6) is 0 Å². The number of hydrogen-bond acceptors (Lipinski definition) is 5. The van der Waals surface area contributed by atoms with Crippen molar-refractivity contribution in [2.24, 2.45) is 0 Å². The lowest BCUT2D eigenvalue weighted by Crippen LogP contribution is -2.15. The van der Waals surface area contributed by atoms with E-state index in [0.717, 1.165) is 30.0 Å². The molecule has 20 heavy (non-hydrogen) atoms. The lowest BCUT2D eigenvalue weighted by atomic mass is 10.1. The van der Waals surface area contributed by atoms with Crippen LogP contribution in [0.3, 0.4) is 0 Å². The largest absolute Gasteiger partial charge is 0.312 e. The topological polar surface area (TPSA) is 79.0 Å². The Balaban J connectivity index is 1.75. The quantitative estimate of drug-likeness (QED) is 0.503. The highest BCUT2D eigenvalue weighted by atomic mass is 32.1. The number of nitrogens with zero attached hydrogens (tertiary/aromatic N) is 2. The van der Waals surface area contributed by atoms with E-state index in [0.29, 0.717) is 5.56 Å². The van der Waals surface area contributed by atoms with Gasteiger partial charge in [-0.1, -0.05) is 12.1 Å². The number of nitro benzene ring substituents is 1. The third-order valence-electron chi connectivity index (χ3n) is 2.82. The lowest BCUT2D eigenvalue weighted by Gasteiger charge is -2.03. The molecule has 1 heterocycles. The van der Waals surface area contributed by atoms with Gasteiger partial charge in [0.2, 0.25) is 0 Å². The summed E-state index contributed by atoms with van der Waals surface area (Å²) in [4.78, 5) is 11.3. The Morgan fingerprint density at radius 2 is 2.10 bits per heavy atom. The molecule has 0 amide bonds. The zero-order chi connectivity index (χ0) is 14.4. The molecule has 2 rings (SSSR count). The van der Waals surface area contributed by atoms with Crippen molar-refractivity contribution in [3.8, 4) is 6.07 Å². The van der Waals surface area contributed by atoms with E-state index < -0.39 is 4.92 Å². The van der Waals surface area contributed by atoms with Gasteiger partial charge in [0.25, 0.3) is 5.69 Å². The van der Waals surface area contributed by atoms with E-state index in [2.05, 4.69) is 11.4 Å². The number of nitro groups is 1. The second-order valence-corrected chi connectivity index (χ2v) is 5.26. The van der Waals surface area contributed by atoms with Crippen molar-refractivity contribution in [1.82, 2.24) is 5.32 Å². The maximum absolute atomic E-state index is 10.5. The molecule has 0 radical (unpaired) electrons. The molecule has 0 spiro atoms. The van der Waals surface area contributed by atoms with Crippen LogP contribution in [-0.2, 0) is 13.0 Å². The average molecular weight is 287 g/mol. The minimum absolute atomic E-state index is 0.115. The van der Waals surface area contributed by atoms with E-state index in [1.54, 1.807) is 23.5 Å².